The molecule has 1 saturated heterocycles. The van der Waals surface area contributed by atoms with E-state index in [0.717, 1.165) is 29.2 Å². The van der Waals surface area contributed by atoms with E-state index in [1.807, 2.05) is 31.2 Å². The topological polar surface area (TPSA) is 87.2 Å². The number of benzene rings is 1. The number of amides is 2. The number of nitrogens with one attached hydrogen (secondary N) is 2. The molecule has 1 aromatic carbocycles. The lowest BCUT2D eigenvalue weighted by molar-refractivity contribution is -0.121. The maximum atomic E-state index is 12.3. The number of rotatable bonds is 10. The Morgan fingerprint density at radius 3 is 2.63 bits per heavy atom. The number of carbonyl (C=O) groups excluding carboxylic acids is 2. The number of aromatic nitrogens is 2. The van der Waals surface area contributed by atoms with Crippen molar-refractivity contribution in [2.75, 3.05) is 25.0 Å². The minimum Gasteiger partial charge on any atom is -0.356 e. The predicted octanol–water partition coefficient (Wildman–Crippen LogP) is 3.41. The Kier molecular flexibility index (Phi) is 8.33. The van der Waals surface area contributed by atoms with Crippen molar-refractivity contribution in [1.82, 2.24) is 20.4 Å². The Bertz CT molecular complexity index is 830. The summed E-state index contributed by atoms with van der Waals surface area (Å²) < 4.78 is 0. The summed E-state index contributed by atoms with van der Waals surface area (Å²) in [5, 5.41) is 15.0. The highest BCUT2D eigenvalue weighted by molar-refractivity contribution is 7.13. The fraction of sp³-hybridized carbons (Fsp3) is 0.545. The molecule has 1 aliphatic heterocycles. The second kappa shape index (κ2) is 11.2. The molecule has 1 unspecified atom stereocenters. The van der Waals surface area contributed by atoms with Crippen molar-refractivity contribution in [2.45, 2.75) is 58.4 Å². The van der Waals surface area contributed by atoms with Crippen LogP contribution in [0.5, 0.6) is 0 Å². The molecule has 162 valence electrons. The number of hydrogen-bond donors (Lipinski definition) is 2. The summed E-state index contributed by atoms with van der Waals surface area (Å²) in [5.74, 6) is -0.182. The van der Waals surface area contributed by atoms with Gasteiger partial charge in [-0.25, -0.2) is 0 Å². The van der Waals surface area contributed by atoms with E-state index in [1.54, 1.807) is 0 Å². The molecule has 7 nitrogen and oxygen atoms in total. The minimum atomic E-state index is -0.257. The number of carbonyl (C=O) groups is 2. The summed E-state index contributed by atoms with van der Waals surface area (Å²) in [6.45, 7) is 7.32. The van der Waals surface area contributed by atoms with E-state index in [0.29, 0.717) is 30.3 Å². The largest absolute Gasteiger partial charge is 0.356 e. The highest BCUT2D eigenvalue weighted by Gasteiger charge is 2.18. The molecule has 1 atom stereocenters. The number of aryl methyl sites for hydroxylation is 2. The SMILES string of the molecule is Cc1ccc(NC(=O)c2nnc(CCCC(=O)NCCC(C)N3CCCC3)s2)cc1. The first-order valence-electron chi connectivity index (χ1n) is 10.7. The van der Waals surface area contributed by atoms with Crippen molar-refractivity contribution in [1.29, 1.82) is 0 Å². The number of likely N-dealkylation sites (tertiary alicyclic amines) is 1. The lowest BCUT2D eigenvalue weighted by Crippen LogP contribution is -2.34. The van der Waals surface area contributed by atoms with Gasteiger partial charge in [0.2, 0.25) is 10.9 Å². The van der Waals surface area contributed by atoms with E-state index in [9.17, 15) is 9.59 Å². The second-order valence-electron chi connectivity index (χ2n) is 7.91. The first-order valence-corrected chi connectivity index (χ1v) is 11.5. The summed E-state index contributed by atoms with van der Waals surface area (Å²) in [6, 6.07) is 8.14. The average molecular weight is 430 g/mol. The molecule has 2 heterocycles. The fourth-order valence-electron chi connectivity index (χ4n) is 3.54. The van der Waals surface area contributed by atoms with Crippen molar-refractivity contribution in [3.63, 3.8) is 0 Å². The van der Waals surface area contributed by atoms with Crippen LogP contribution in [-0.2, 0) is 11.2 Å². The van der Waals surface area contributed by atoms with E-state index < -0.39 is 0 Å². The molecular weight excluding hydrogens is 398 g/mol. The molecule has 2 N–H and O–H groups in total. The zero-order valence-electron chi connectivity index (χ0n) is 17.8. The van der Waals surface area contributed by atoms with Gasteiger partial charge in [0, 0.05) is 31.1 Å². The molecule has 3 rings (SSSR count). The van der Waals surface area contributed by atoms with E-state index in [2.05, 4.69) is 32.7 Å². The summed E-state index contributed by atoms with van der Waals surface area (Å²) in [7, 11) is 0. The van der Waals surface area contributed by atoms with Gasteiger partial charge in [-0.1, -0.05) is 29.0 Å². The quantitative estimate of drug-likeness (QED) is 0.604. The Morgan fingerprint density at radius 2 is 1.90 bits per heavy atom. The normalized spacial score (nSPS) is 15.1. The van der Waals surface area contributed by atoms with E-state index >= 15 is 0 Å². The molecular formula is C22H31N5O2S. The van der Waals surface area contributed by atoms with Crippen molar-refractivity contribution < 1.29 is 9.59 Å². The average Bonchev–Trinajstić information content (AvgIpc) is 3.42. The second-order valence-corrected chi connectivity index (χ2v) is 8.97. The van der Waals surface area contributed by atoms with Crippen molar-refractivity contribution in [3.05, 3.63) is 39.8 Å². The first-order chi connectivity index (χ1) is 14.5. The van der Waals surface area contributed by atoms with Gasteiger partial charge in [0.1, 0.15) is 5.01 Å². The summed E-state index contributed by atoms with van der Waals surface area (Å²) in [5.41, 5.74) is 1.87. The van der Waals surface area contributed by atoms with Crippen molar-refractivity contribution in [2.24, 2.45) is 0 Å². The minimum absolute atomic E-state index is 0.0745. The van der Waals surface area contributed by atoms with Crippen molar-refractivity contribution >= 4 is 28.8 Å². The first kappa shape index (κ1) is 22.4. The van der Waals surface area contributed by atoms with Crippen molar-refractivity contribution in [3.8, 4) is 0 Å². The maximum absolute atomic E-state index is 12.3. The fourth-order valence-corrected chi connectivity index (χ4v) is 4.32. The Balaban J connectivity index is 1.33. The standard InChI is InChI=1S/C22H31N5O2S/c1-16-8-10-18(11-9-16)24-21(29)22-26-25-20(30-22)7-5-6-19(28)23-13-12-17(2)27-14-3-4-15-27/h8-11,17H,3-7,12-15H2,1-2H3,(H,23,28)(H,24,29). The van der Waals surface area contributed by atoms with Gasteiger partial charge in [-0.3, -0.25) is 9.59 Å². The van der Waals surface area contributed by atoms with Crippen LogP contribution in [0.1, 0.15) is 59.4 Å². The van der Waals surface area contributed by atoms with Gasteiger partial charge in [0.15, 0.2) is 0 Å². The van der Waals surface area contributed by atoms with E-state index in [4.69, 9.17) is 0 Å². The van der Waals surface area contributed by atoms with E-state index in [1.165, 1.54) is 37.3 Å². The van der Waals surface area contributed by atoms with E-state index in [-0.39, 0.29) is 11.8 Å². The molecule has 1 aliphatic rings. The van der Waals surface area contributed by atoms with Crippen LogP contribution in [0.2, 0.25) is 0 Å². The van der Waals surface area contributed by atoms with Gasteiger partial charge in [0.05, 0.1) is 0 Å². The molecule has 0 saturated carbocycles. The van der Waals surface area contributed by atoms with Crippen LogP contribution in [0.4, 0.5) is 5.69 Å². The lowest BCUT2D eigenvalue weighted by atomic mass is 10.2. The summed E-state index contributed by atoms with van der Waals surface area (Å²) in [6.07, 6.45) is 5.37. The molecule has 0 radical (unpaired) electrons. The summed E-state index contributed by atoms with van der Waals surface area (Å²) >= 11 is 1.28. The van der Waals surface area contributed by atoms with Gasteiger partial charge in [-0.05, 0) is 64.8 Å². The monoisotopic (exact) mass is 429 g/mol. The highest BCUT2D eigenvalue weighted by Crippen LogP contribution is 2.16. The number of nitrogens with zero attached hydrogens (tertiary/aromatic N) is 3. The highest BCUT2D eigenvalue weighted by atomic mass is 32.1. The van der Waals surface area contributed by atoms with Gasteiger partial charge in [-0.15, -0.1) is 10.2 Å². The molecule has 0 aliphatic carbocycles. The molecule has 0 spiro atoms. The molecule has 1 aromatic heterocycles. The molecule has 1 fully saturated rings. The lowest BCUT2D eigenvalue weighted by Gasteiger charge is -2.23. The van der Waals surface area contributed by atoms with Crippen LogP contribution in [0.25, 0.3) is 0 Å². The van der Waals surface area contributed by atoms with Gasteiger partial charge in [0.25, 0.3) is 5.91 Å². The molecule has 8 heteroatoms. The molecule has 0 bridgehead atoms. The van der Waals surface area contributed by atoms with Gasteiger partial charge < -0.3 is 15.5 Å². The van der Waals surface area contributed by atoms with Gasteiger partial charge in [-0.2, -0.15) is 0 Å². The van der Waals surface area contributed by atoms with Crippen LogP contribution in [-0.4, -0.2) is 52.6 Å². The molecule has 2 amide bonds. The summed E-state index contributed by atoms with van der Waals surface area (Å²) in [4.78, 5) is 26.8. The number of anilines is 1. The third kappa shape index (κ3) is 6.88. The Morgan fingerprint density at radius 1 is 1.17 bits per heavy atom. The van der Waals surface area contributed by atoms with Crippen LogP contribution in [0.15, 0.2) is 24.3 Å². The Hall–Kier alpha value is -2.32. The predicted molar refractivity (Wildman–Crippen MR) is 120 cm³/mol. The zero-order valence-corrected chi connectivity index (χ0v) is 18.6. The van der Waals surface area contributed by atoms with Gasteiger partial charge >= 0.3 is 0 Å². The molecule has 30 heavy (non-hydrogen) atoms. The number of hydrogen-bond acceptors (Lipinski definition) is 6. The smallest absolute Gasteiger partial charge is 0.286 e. The van der Waals surface area contributed by atoms with Crippen LogP contribution < -0.4 is 10.6 Å². The third-order valence-electron chi connectivity index (χ3n) is 5.41. The molecule has 2 aromatic rings. The van der Waals surface area contributed by atoms with Crippen LogP contribution >= 0.6 is 11.3 Å². The van der Waals surface area contributed by atoms with Crippen LogP contribution in [0.3, 0.4) is 0 Å². The Labute approximate surface area is 182 Å². The van der Waals surface area contributed by atoms with Crippen LogP contribution in [0, 0.1) is 6.92 Å². The third-order valence-corrected chi connectivity index (χ3v) is 6.40. The maximum Gasteiger partial charge on any atom is 0.286 e. The zero-order chi connectivity index (χ0) is 21.3.